The number of carbonyl (C=O) groups excluding carboxylic acids is 1. The minimum atomic E-state index is -4.38. The van der Waals surface area contributed by atoms with Crippen molar-refractivity contribution >= 4 is 17.4 Å². The molecule has 1 N–H and O–H groups in total. The lowest BCUT2D eigenvalue weighted by Crippen LogP contribution is -2.38. The second kappa shape index (κ2) is 7.58. The SMILES string of the molecule is Cc1cccc(C)c1NC(=O)C1CCN(c2ccc(C(F)(F)F)cn2)CC1. The Bertz CT molecular complexity index is 790. The summed E-state index contributed by atoms with van der Waals surface area (Å²) in [5.74, 6) is 0.388. The predicted octanol–water partition coefficient (Wildman–Crippen LogP) is 4.57. The van der Waals surface area contributed by atoms with Crippen LogP contribution in [0.2, 0.25) is 0 Å². The zero-order chi connectivity index (χ0) is 19.6. The molecule has 2 aromatic rings. The molecule has 1 aromatic heterocycles. The van der Waals surface area contributed by atoms with Gasteiger partial charge in [-0.25, -0.2) is 4.98 Å². The summed E-state index contributed by atoms with van der Waals surface area (Å²) in [5, 5.41) is 3.03. The first-order valence-corrected chi connectivity index (χ1v) is 8.91. The van der Waals surface area contributed by atoms with Crippen molar-refractivity contribution in [1.82, 2.24) is 4.98 Å². The van der Waals surface area contributed by atoms with Crippen molar-refractivity contribution in [2.45, 2.75) is 32.9 Å². The molecule has 2 heterocycles. The highest BCUT2D eigenvalue weighted by Gasteiger charge is 2.31. The summed E-state index contributed by atoms with van der Waals surface area (Å²) >= 11 is 0. The summed E-state index contributed by atoms with van der Waals surface area (Å²) in [7, 11) is 0. The maximum absolute atomic E-state index is 12.6. The molecule has 1 aliphatic rings. The van der Waals surface area contributed by atoms with Gasteiger partial charge in [-0.15, -0.1) is 0 Å². The Labute approximate surface area is 156 Å². The van der Waals surface area contributed by atoms with Crippen LogP contribution in [-0.2, 0) is 11.0 Å². The average Bonchev–Trinajstić information content (AvgIpc) is 2.64. The van der Waals surface area contributed by atoms with Gasteiger partial charge in [-0.1, -0.05) is 18.2 Å². The molecule has 1 fully saturated rings. The highest BCUT2D eigenvalue weighted by atomic mass is 19.4. The van der Waals surface area contributed by atoms with Gasteiger partial charge in [0.05, 0.1) is 5.56 Å². The van der Waals surface area contributed by atoms with Gasteiger partial charge in [0.15, 0.2) is 0 Å². The van der Waals surface area contributed by atoms with Gasteiger partial charge in [0.2, 0.25) is 5.91 Å². The minimum absolute atomic E-state index is 0.00701. The quantitative estimate of drug-likeness (QED) is 0.852. The number of hydrogen-bond acceptors (Lipinski definition) is 3. The van der Waals surface area contributed by atoms with Crippen molar-refractivity contribution in [3.63, 3.8) is 0 Å². The van der Waals surface area contributed by atoms with E-state index in [1.165, 1.54) is 6.07 Å². The zero-order valence-electron chi connectivity index (χ0n) is 15.3. The van der Waals surface area contributed by atoms with Crippen molar-refractivity contribution in [2.24, 2.45) is 5.92 Å². The molecule has 3 rings (SSSR count). The van der Waals surface area contributed by atoms with Gasteiger partial charge in [0.1, 0.15) is 5.82 Å². The molecular weight excluding hydrogens is 355 g/mol. The molecule has 0 radical (unpaired) electrons. The van der Waals surface area contributed by atoms with Crippen LogP contribution in [0.25, 0.3) is 0 Å². The molecular formula is C20H22F3N3O. The molecule has 1 aliphatic heterocycles. The monoisotopic (exact) mass is 377 g/mol. The smallest absolute Gasteiger partial charge is 0.357 e. The molecule has 7 heteroatoms. The van der Waals surface area contributed by atoms with Gasteiger partial charge in [-0.3, -0.25) is 4.79 Å². The Balaban J connectivity index is 1.59. The number of benzene rings is 1. The topological polar surface area (TPSA) is 45.2 Å². The fourth-order valence-electron chi connectivity index (χ4n) is 3.35. The van der Waals surface area contributed by atoms with Crippen LogP contribution in [0.3, 0.4) is 0 Å². The van der Waals surface area contributed by atoms with E-state index in [1.54, 1.807) is 0 Å². The standard InChI is InChI=1S/C20H22F3N3O/c1-13-4-3-5-14(2)18(13)25-19(27)15-8-10-26(11-9-15)17-7-6-16(12-24-17)20(21,22)23/h3-7,12,15H,8-11H2,1-2H3,(H,25,27). The first-order valence-electron chi connectivity index (χ1n) is 8.91. The normalized spacial score (nSPS) is 15.7. The number of carbonyl (C=O) groups is 1. The number of anilines is 2. The van der Waals surface area contributed by atoms with Crippen molar-refractivity contribution in [1.29, 1.82) is 0 Å². The van der Waals surface area contributed by atoms with Gasteiger partial charge >= 0.3 is 6.18 Å². The van der Waals surface area contributed by atoms with E-state index in [2.05, 4.69) is 10.3 Å². The molecule has 0 spiro atoms. The number of alkyl halides is 3. The molecule has 27 heavy (non-hydrogen) atoms. The summed E-state index contributed by atoms with van der Waals surface area (Å²) < 4.78 is 37.9. The van der Waals surface area contributed by atoms with E-state index in [1.807, 2.05) is 36.9 Å². The summed E-state index contributed by atoms with van der Waals surface area (Å²) in [6, 6.07) is 8.31. The first-order chi connectivity index (χ1) is 12.8. The van der Waals surface area contributed by atoms with E-state index in [4.69, 9.17) is 0 Å². The number of piperidine rings is 1. The second-order valence-electron chi connectivity index (χ2n) is 6.92. The van der Waals surface area contributed by atoms with E-state index in [9.17, 15) is 18.0 Å². The summed E-state index contributed by atoms with van der Waals surface area (Å²) in [6.45, 7) is 5.09. The third-order valence-electron chi connectivity index (χ3n) is 4.99. The molecule has 0 aliphatic carbocycles. The van der Waals surface area contributed by atoms with E-state index in [0.717, 1.165) is 29.1 Å². The van der Waals surface area contributed by atoms with Crippen LogP contribution in [-0.4, -0.2) is 24.0 Å². The maximum Gasteiger partial charge on any atom is 0.417 e. The first kappa shape index (κ1) is 19.2. The van der Waals surface area contributed by atoms with Crippen molar-refractivity contribution in [3.05, 3.63) is 53.2 Å². The van der Waals surface area contributed by atoms with Crippen molar-refractivity contribution in [3.8, 4) is 0 Å². The molecule has 0 saturated carbocycles. The number of para-hydroxylation sites is 1. The van der Waals surface area contributed by atoms with E-state index < -0.39 is 11.7 Å². The van der Waals surface area contributed by atoms with Gasteiger partial charge in [0.25, 0.3) is 0 Å². The largest absolute Gasteiger partial charge is 0.417 e. The molecule has 1 saturated heterocycles. The highest BCUT2D eigenvalue weighted by molar-refractivity contribution is 5.94. The van der Waals surface area contributed by atoms with Gasteiger partial charge in [-0.2, -0.15) is 13.2 Å². The minimum Gasteiger partial charge on any atom is -0.357 e. The number of halogens is 3. The number of hydrogen-bond donors (Lipinski definition) is 1. The van der Waals surface area contributed by atoms with Crippen molar-refractivity contribution < 1.29 is 18.0 Å². The zero-order valence-corrected chi connectivity index (χ0v) is 15.3. The van der Waals surface area contributed by atoms with Crippen LogP contribution in [0.5, 0.6) is 0 Å². The fourth-order valence-corrected chi connectivity index (χ4v) is 3.35. The van der Waals surface area contributed by atoms with E-state index in [-0.39, 0.29) is 11.8 Å². The summed E-state index contributed by atoms with van der Waals surface area (Å²) in [4.78, 5) is 18.5. The van der Waals surface area contributed by atoms with Gasteiger partial charge in [0, 0.05) is 30.9 Å². The lowest BCUT2D eigenvalue weighted by molar-refractivity contribution is -0.137. The molecule has 1 aromatic carbocycles. The summed E-state index contributed by atoms with van der Waals surface area (Å²) in [6.07, 6.45) is -2.25. The molecule has 4 nitrogen and oxygen atoms in total. The lowest BCUT2D eigenvalue weighted by atomic mass is 9.95. The molecule has 0 atom stereocenters. The van der Waals surface area contributed by atoms with Crippen LogP contribution in [0.15, 0.2) is 36.5 Å². The number of amides is 1. The van der Waals surface area contributed by atoms with Crippen LogP contribution in [0.1, 0.15) is 29.5 Å². The molecule has 144 valence electrons. The third kappa shape index (κ3) is 4.40. The Hall–Kier alpha value is -2.57. The van der Waals surface area contributed by atoms with Crippen LogP contribution < -0.4 is 10.2 Å². The van der Waals surface area contributed by atoms with E-state index in [0.29, 0.717) is 31.7 Å². The average molecular weight is 377 g/mol. The highest BCUT2D eigenvalue weighted by Crippen LogP contribution is 2.30. The van der Waals surface area contributed by atoms with E-state index >= 15 is 0 Å². The van der Waals surface area contributed by atoms with Gasteiger partial charge < -0.3 is 10.2 Å². The summed E-state index contributed by atoms with van der Waals surface area (Å²) in [5.41, 5.74) is 2.15. The van der Waals surface area contributed by atoms with Crippen molar-refractivity contribution in [2.75, 3.05) is 23.3 Å². The molecule has 0 bridgehead atoms. The molecule has 1 amide bonds. The number of nitrogens with zero attached hydrogens (tertiary/aromatic N) is 2. The lowest BCUT2D eigenvalue weighted by Gasteiger charge is -2.32. The number of nitrogens with one attached hydrogen (secondary N) is 1. The maximum atomic E-state index is 12.6. The van der Waals surface area contributed by atoms with Crippen LogP contribution in [0.4, 0.5) is 24.7 Å². The Morgan fingerprint density at radius 3 is 2.26 bits per heavy atom. The fraction of sp³-hybridized carbons (Fsp3) is 0.400. The molecule has 0 unspecified atom stereocenters. The predicted molar refractivity (Wildman–Crippen MR) is 98.7 cm³/mol. The van der Waals surface area contributed by atoms with Crippen LogP contribution in [0, 0.1) is 19.8 Å². The Kier molecular flexibility index (Phi) is 5.39. The Morgan fingerprint density at radius 2 is 1.74 bits per heavy atom. The third-order valence-corrected chi connectivity index (χ3v) is 4.99. The second-order valence-corrected chi connectivity index (χ2v) is 6.92. The number of aromatic nitrogens is 1. The van der Waals surface area contributed by atoms with Crippen LogP contribution >= 0.6 is 0 Å². The Morgan fingerprint density at radius 1 is 1.11 bits per heavy atom. The number of pyridine rings is 1. The van der Waals surface area contributed by atoms with Gasteiger partial charge in [-0.05, 0) is 49.9 Å². The number of rotatable bonds is 3. The number of aryl methyl sites for hydroxylation is 2.